The molecule has 34 heavy (non-hydrogen) atoms. The van der Waals surface area contributed by atoms with Crippen LogP contribution in [0.3, 0.4) is 0 Å². The van der Waals surface area contributed by atoms with Gasteiger partial charge < -0.3 is 15.2 Å². The van der Waals surface area contributed by atoms with Crippen molar-refractivity contribution >= 4 is 22.5 Å². The van der Waals surface area contributed by atoms with Crippen molar-refractivity contribution in [3.63, 3.8) is 0 Å². The lowest BCUT2D eigenvalue weighted by atomic mass is 9.96. The fourth-order valence-electron chi connectivity index (χ4n) is 4.52. The Bertz CT molecular complexity index is 1350. The smallest absolute Gasteiger partial charge is 0.258 e. The summed E-state index contributed by atoms with van der Waals surface area (Å²) in [5.74, 6) is 0.154. The molecule has 2 N–H and O–H groups in total. The van der Waals surface area contributed by atoms with Crippen LogP contribution in [0.5, 0.6) is 0 Å². The number of hydrogen-bond acceptors (Lipinski definition) is 5. The van der Waals surface area contributed by atoms with Crippen LogP contribution in [0.1, 0.15) is 25.7 Å². The molecular weight excluding hydrogens is 435 g/mol. The lowest BCUT2D eigenvalue weighted by molar-refractivity contribution is -0.117. The first-order chi connectivity index (χ1) is 16.5. The van der Waals surface area contributed by atoms with Crippen molar-refractivity contribution in [1.82, 2.24) is 30.2 Å². The normalized spacial score (nSPS) is 17.5. The van der Waals surface area contributed by atoms with E-state index in [2.05, 4.69) is 32.6 Å². The van der Waals surface area contributed by atoms with Crippen molar-refractivity contribution in [3.05, 3.63) is 64.4 Å². The van der Waals surface area contributed by atoms with Gasteiger partial charge in [-0.1, -0.05) is 11.3 Å². The summed E-state index contributed by atoms with van der Waals surface area (Å²) < 4.78 is 15.2. The van der Waals surface area contributed by atoms with Crippen LogP contribution in [0.15, 0.2) is 53.0 Å². The zero-order chi connectivity index (χ0) is 23.7. The standard InChI is InChI=1S/C25H27FN6O2/c1-31-10-8-16(9-11-31)14-27-24(33)17-2-5-20(6-3-17)32-15-23(29-30-32)21-13-18-12-19(26)4-7-22(18)28-25(21)34/h2,4-5,7,12-13,15-16H,3,6,8-11,14H2,1H3,(H,27,33)(H,28,34). The molecule has 9 heteroatoms. The van der Waals surface area contributed by atoms with Crippen molar-refractivity contribution in [3.8, 4) is 11.3 Å². The summed E-state index contributed by atoms with van der Waals surface area (Å²) in [4.78, 5) is 30.2. The van der Waals surface area contributed by atoms with Gasteiger partial charge in [0.1, 0.15) is 11.5 Å². The fraction of sp³-hybridized carbons (Fsp3) is 0.360. The number of likely N-dealkylation sites (tertiary alicyclic amines) is 1. The van der Waals surface area contributed by atoms with Crippen molar-refractivity contribution in [2.24, 2.45) is 5.92 Å². The minimum atomic E-state index is -0.375. The fourth-order valence-corrected chi connectivity index (χ4v) is 4.52. The van der Waals surface area contributed by atoms with Crippen molar-refractivity contribution in [2.45, 2.75) is 25.7 Å². The van der Waals surface area contributed by atoms with Crippen molar-refractivity contribution in [1.29, 1.82) is 0 Å². The Morgan fingerprint density at radius 2 is 2.03 bits per heavy atom. The maximum Gasteiger partial charge on any atom is 0.258 e. The Kier molecular flexibility index (Phi) is 6.10. The molecule has 0 atom stereocenters. The molecule has 1 aliphatic carbocycles. The molecule has 8 nitrogen and oxygen atoms in total. The van der Waals surface area contributed by atoms with Crippen LogP contribution in [0.25, 0.3) is 27.9 Å². The number of rotatable bonds is 5. The second-order valence-corrected chi connectivity index (χ2v) is 9.10. The molecule has 0 spiro atoms. The zero-order valence-electron chi connectivity index (χ0n) is 19.1. The number of halogens is 1. The first-order valence-corrected chi connectivity index (χ1v) is 11.6. The lowest BCUT2D eigenvalue weighted by Crippen LogP contribution is -2.37. The summed E-state index contributed by atoms with van der Waals surface area (Å²) in [5.41, 5.74) is 2.61. The number of aromatic nitrogens is 4. The Morgan fingerprint density at radius 3 is 2.79 bits per heavy atom. The SMILES string of the molecule is CN1CCC(CNC(=O)C2=CC=C(n3cc(-c4cc5cc(F)ccc5[nH]c4=O)nn3)CC2)CC1. The van der Waals surface area contributed by atoms with Gasteiger partial charge in [0.15, 0.2) is 0 Å². The van der Waals surface area contributed by atoms with E-state index in [4.69, 9.17) is 0 Å². The van der Waals surface area contributed by atoms with Crippen molar-refractivity contribution in [2.75, 3.05) is 26.7 Å². The third-order valence-electron chi connectivity index (χ3n) is 6.68. The van der Waals surface area contributed by atoms with Gasteiger partial charge >= 0.3 is 0 Å². The summed E-state index contributed by atoms with van der Waals surface area (Å²) in [6.45, 7) is 2.88. The number of allylic oxidation sites excluding steroid dienone is 3. The topological polar surface area (TPSA) is 95.9 Å². The molecule has 1 amide bonds. The van der Waals surface area contributed by atoms with E-state index in [1.165, 1.54) is 18.2 Å². The molecule has 1 aromatic carbocycles. The average Bonchev–Trinajstić information content (AvgIpc) is 3.33. The van der Waals surface area contributed by atoms with Gasteiger partial charge in [-0.25, -0.2) is 9.07 Å². The van der Waals surface area contributed by atoms with Crippen LogP contribution in [-0.4, -0.2) is 57.5 Å². The van der Waals surface area contributed by atoms with Crippen LogP contribution in [0.4, 0.5) is 4.39 Å². The van der Waals surface area contributed by atoms with Crippen LogP contribution in [0.2, 0.25) is 0 Å². The second kappa shape index (κ2) is 9.34. The van der Waals surface area contributed by atoms with Gasteiger partial charge in [-0.2, -0.15) is 0 Å². The lowest BCUT2D eigenvalue weighted by Gasteiger charge is -2.29. The molecule has 0 radical (unpaired) electrons. The van der Waals surface area contributed by atoms with Gasteiger partial charge in [0.2, 0.25) is 5.91 Å². The number of nitrogens with zero attached hydrogens (tertiary/aromatic N) is 4. The highest BCUT2D eigenvalue weighted by atomic mass is 19.1. The first-order valence-electron chi connectivity index (χ1n) is 11.6. The van der Waals surface area contributed by atoms with Gasteiger partial charge in [-0.05, 0) is 82.1 Å². The van der Waals surface area contributed by atoms with Crippen LogP contribution < -0.4 is 10.9 Å². The predicted octanol–water partition coefficient (Wildman–Crippen LogP) is 2.94. The van der Waals surface area contributed by atoms with Crippen LogP contribution in [-0.2, 0) is 4.79 Å². The summed E-state index contributed by atoms with van der Waals surface area (Å²) >= 11 is 0. The molecule has 0 unspecified atom stereocenters. The number of carbonyl (C=O) groups excluding carboxylic acids is 1. The molecule has 3 aromatic rings. The minimum Gasteiger partial charge on any atom is -0.352 e. The van der Waals surface area contributed by atoms with E-state index < -0.39 is 0 Å². The number of aromatic amines is 1. The second-order valence-electron chi connectivity index (χ2n) is 9.10. The average molecular weight is 463 g/mol. The van der Waals surface area contributed by atoms with Gasteiger partial charge in [0.25, 0.3) is 5.56 Å². The number of fused-ring (bicyclic) bond motifs is 1. The summed E-state index contributed by atoms with van der Waals surface area (Å²) in [6.07, 6.45) is 8.85. The number of carbonyl (C=O) groups is 1. The Hall–Kier alpha value is -3.59. The van der Waals surface area contributed by atoms with Crippen LogP contribution in [0, 0.1) is 11.7 Å². The maximum atomic E-state index is 13.6. The molecule has 176 valence electrons. The minimum absolute atomic E-state index is 0.0107. The van der Waals surface area contributed by atoms with E-state index in [1.54, 1.807) is 16.9 Å². The summed E-state index contributed by atoms with van der Waals surface area (Å²) in [5, 5.41) is 12.0. The number of H-pyrrole nitrogens is 1. The highest BCUT2D eigenvalue weighted by Gasteiger charge is 2.20. The molecule has 2 aliphatic rings. The molecule has 1 aliphatic heterocycles. The summed E-state index contributed by atoms with van der Waals surface area (Å²) in [6, 6.07) is 5.83. The highest BCUT2D eigenvalue weighted by molar-refractivity contribution is 5.94. The van der Waals surface area contributed by atoms with Gasteiger partial charge in [0.05, 0.1) is 11.8 Å². The third-order valence-corrected chi connectivity index (χ3v) is 6.68. The number of benzene rings is 1. The van der Waals surface area contributed by atoms with E-state index in [0.717, 1.165) is 43.7 Å². The summed E-state index contributed by atoms with van der Waals surface area (Å²) in [7, 11) is 2.13. The van der Waals surface area contributed by atoms with Gasteiger partial charge in [-0.15, -0.1) is 5.10 Å². The number of hydrogen-bond donors (Lipinski definition) is 2. The molecule has 1 saturated heterocycles. The predicted molar refractivity (Wildman–Crippen MR) is 128 cm³/mol. The number of nitrogens with one attached hydrogen (secondary N) is 2. The van der Waals surface area contributed by atoms with Gasteiger partial charge in [-0.3, -0.25) is 9.59 Å². The molecule has 2 aromatic heterocycles. The Morgan fingerprint density at radius 1 is 1.21 bits per heavy atom. The number of piperidine rings is 1. The molecule has 1 fully saturated rings. The van der Waals surface area contributed by atoms with E-state index in [-0.39, 0.29) is 17.3 Å². The quantitative estimate of drug-likeness (QED) is 0.608. The number of amides is 1. The monoisotopic (exact) mass is 462 g/mol. The van der Waals surface area contributed by atoms with E-state index >= 15 is 0 Å². The zero-order valence-corrected chi connectivity index (χ0v) is 19.1. The Balaban J connectivity index is 1.28. The molecule has 0 saturated carbocycles. The first kappa shape index (κ1) is 22.2. The maximum absolute atomic E-state index is 13.6. The van der Waals surface area contributed by atoms with Crippen LogP contribution >= 0.6 is 0 Å². The molecule has 3 heterocycles. The van der Waals surface area contributed by atoms with E-state index in [1.807, 2.05) is 12.2 Å². The largest absolute Gasteiger partial charge is 0.352 e. The Labute approximate surface area is 196 Å². The highest BCUT2D eigenvalue weighted by Crippen LogP contribution is 2.24. The van der Waals surface area contributed by atoms with E-state index in [9.17, 15) is 14.0 Å². The van der Waals surface area contributed by atoms with E-state index in [0.29, 0.717) is 40.9 Å². The molecule has 0 bridgehead atoms. The molecule has 5 rings (SSSR count). The van der Waals surface area contributed by atoms with Crippen molar-refractivity contribution < 1.29 is 9.18 Å². The van der Waals surface area contributed by atoms with Gasteiger partial charge in [0, 0.05) is 28.7 Å². The number of pyridine rings is 1. The molecular formula is C25H27FN6O2. The third kappa shape index (κ3) is 4.70.